The Morgan fingerprint density at radius 1 is 1.22 bits per heavy atom. The van der Waals surface area contributed by atoms with Crippen LogP contribution in [0, 0.1) is 11.8 Å². The van der Waals surface area contributed by atoms with Gasteiger partial charge in [0.25, 0.3) is 0 Å². The van der Waals surface area contributed by atoms with Gasteiger partial charge in [-0.05, 0) is 81.3 Å². The van der Waals surface area contributed by atoms with E-state index in [1.807, 2.05) is 6.08 Å². The summed E-state index contributed by atoms with van der Waals surface area (Å²) in [5.74, 6) is 1.94. The van der Waals surface area contributed by atoms with Gasteiger partial charge in [-0.3, -0.25) is 0 Å². The number of allylic oxidation sites excluding steroid dienone is 5. The van der Waals surface area contributed by atoms with Crippen molar-refractivity contribution in [1.82, 2.24) is 4.90 Å². The molecule has 0 saturated carbocycles. The molecular weight excluding hydrogens is 337 g/mol. The van der Waals surface area contributed by atoms with E-state index in [0.717, 1.165) is 44.7 Å². The van der Waals surface area contributed by atoms with Gasteiger partial charge in [-0.1, -0.05) is 36.4 Å². The molecule has 1 atom stereocenters. The summed E-state index contributed by atoms with van der Waals surface area (Å²) in [6.07, 6.45) is 11.8. The van der Waals surface area contributed by atoms with Gasteiger partial charge < -0.3 is 9.64 Å². The molecule has 146 valence electrons. The van der Waals surface area contributed by atoms with Crippen molar-refractivity contribution in [3.63, 3.8) is 0 Å². The van der Waals surface area contributed by atoms with Crippen LogP contribution in [0.2, 0.25) is 0 Å². The molecule has 1 aromatic carbocycles. The summed E-state index contributed by atoms with van der Waals surface area (Å²) in [5.41, 5.74) is 1.38. The number of benzene rings is 1. The van der Waals surface area contributed by atoms with E-state index in [0.29, 0.717) is 18.4 Å². The largest absolute Gasteiger partial charge is 0.493 e. The highest BCUT2D eigenvalue weighted by atomic mass is 19.1. The zero-order chi connectivity index (χ0) is 19.3. The maximum absolute atomic E-state index is 13.8. The average molecular weight is 370 g/mol. The molecule has 0 amide bonds. The smallest absolute Gasteiger partial charge is 0.119 e. The molecule has 3 rings (SSSR count). The van der Waals surface area contributed by atoms with Crippen LogP contribution in [-0.2, 0) is 0 Å². The fourth-order valence-corrected chi connectivity index (χ4v) is 3.83. The molecule has 2 nitrogen and oxygen atoms in total. The molecule has 0 aromatic heterocycles. The van der Waals surface area contributed by atoms with E-state index in [9.17, 15) is 4.39 Å². The lowest BCUT2D eigenvalue weighted by molar-refractivity contribution is 0.0836. The van der Waals surface area contributed by atoms with Gasteiger partial charge in [0.15, 0.2) is 0 Å². The maximum atomic E-state index is 13.8. The number of ether oxygens (including phenoxy) is 1. The standard InChI is InChI=1S/C24H32FNO/c1-4-19-5-7-21(8-6-19)22-9-11-23(12-10-22)27-17-20-13-15-26(16-14-20)18-24(2,3)25/h4-5,7-12,19-20H,1,6,13-18H2,2-3H3. The number of halogens is 1. The summed E-state index contributed by atoms with van der Waals surface area (Å²) in [4.78, 5) is 2.23. The van der Waals surface area contributed by atoms with Crippen LogP contribution >= 0.6 is 0 Å². The van der Waals surface area contributed by atoms with Gasteiger partial charge in [-0.25, -0.2) is 4.39 Å². The molecule has 3 heteroatoms. The third kappa shape index (κ3) is 6.07. The summed E-state index contributed by atoms with van der Waals surface area (Å²) >= 11 is 0. The van der Waals surface area contributed by atoms with Crippen molar-refractivity contribution in [2.45, 2.75) is 38.8 Å². The Morgan fingerprint density at radius 2 is 1.93 bits per heavy atom. The normalized spacial score (nSPS) is 21.7. The van der Waals surface area contributed by atoms with Gasteiger partial charge >= 0.3 is 0 Å². The van der Waals surface area contributed by atoms with Crippen molar-refractivity contribution in [2.75, 3.05) is 26.2 Å². The molecule has 1 fully saturated rings. The van der Waals surface area contributed by atoms with E-state index in [4.69, 9.17) is 4.74 Å². The summed E-state index contributed by atoms with van der Waals surface area (Å²) in [5, 5.41) is 0. The van der Waals surface area contributed by atoms with Crippen molar-refractivity contribution in [1.29, 1.82) is 0 Å². The predicted octanol–water partition coefficient (Wildman–Crippen LogP) is 5.67. The molecule has 0 bridgehead atoms. The highest BCUT2D eigenvalue weighted by Gasteiger charge is 2.25. The first-order chi connectivity index (χ1) is 12.9. The number of nitrogens with zero attached hydrogens (tertiary/aromatic N) is 1. The van der Waals surface area contributed by atoms with Crippen LogP contribution < -0.4 is 4.74 Å². The Morgan fingerprint density at radius 3 is 2.48 bits per heavy atom. The highest BCUT2D eigenvalue weighted by molar-refractivity contribution is 5.75. The number of rotatable bonds is 7. The molecule has 0 N–H and O–H groups in total. The van der Waals surface area contributed by atoms with Crippen LogP contribution in [0.1, 0.15) is 38.7 Å². The summed E-state index contributed by atoms with van der Waals surface area (Å²) < 4.78 is 19.8. The van der Waals surface area contributed by atoms with E-state index in [1.54, 1.807) is 13.8 Å². The molecule has 1 aromatic rings. The minimum absolute atomic E-state index is 0.457. The first kappa shape index (κ1) is 19.9. The Bertz CT molecular complexity index is 675. The lowest BCUT2D eigenvalue weighted by Gasteiger charge is -2.34. The maximum Gasteiger partial charge on any atom is 0.119 e. The Labute approximate surface area is 163 Å². The van der Waals surface area contributed by atoms with Gasteiger partial charge in [-0.2, -0.15) is 0 Å². The molecule has 1 aliphatic heterocycles. The second-order valence-corrected chi connectivity index (χ2v) is 8.43. The van der Waals surface area contributed by atoms with Crippen molar-refractivity contribution < 1.29 is 9.13 Å². The number of alkyl halides is 1. The number of piperidine rings is 1. The van der Waals surface area contributed by atoms with Crippen LogP contribution in [-0.4, -0.2) is 36.8 Å². The number of hydrogen-bond donors (Lipinski definition) is 0. The fraction of sp³-hybridized carbons (Fsp3) is 0.500. The van der Waals surface area contributed by atoms with Crippen molar-refractivity contribution in [3.8, 4) is 5.75 Å². The number of likely N-dealkylation sites (tertiary alicyclic amines) is 1. The molecule has 0 spiro atoms. The molecule has 2 aliphatic rings. The third-order valence-corrected chi connectivity index (χ3v) is 5.42. The van der Waals surface area contributed by atoms with E-state index in [-0.39, 0.29) is 0 Å². The predicted molar refractivity (Wildman–Crippen MR) is 112 cm³/mol. The van der Waals surface area contributed by atoms with Gasteiger partial charge in [0.2, 0.25) is 0 Å². The van der Waals surface area contributed by atoms with E-state index in [1.165, 1.54) is 11.1 Å². The summed E-state index contributed by atoms with van der Waals surface area (Å²) in [7, 11) is 0. The molecule has 1 saturated heterocycles. The van der Waals surface area contributed by atoms with E-state index >= 15 is 0 Å². The molecular formula is C24H32FNO. The van der Waals surface area contributed by atoms with Gasteiger partial charge in [0, 0.05) is 6.54 Å². The van der Waals surface area contributed by atoms with Crippen molar-refractivity contribution in [2.24, 2.45) is 11.8 Å². The van der Waals surface area contributed by atoms with Crippen LogP contribution in [0.15, 0.2) is 55.1 Å². The first-order valence-corrected chi connectivity index (χ1v) is 10.1. The van der Waals surface area contributed by atoms with E-state index in [2.05, 4.69) is 54.0 Å². The summed E-state index contributed by atoms with van der Waals surface area (Å²) in [6.45, 7) is 10.4. The topological polar surface area (TPSA) is 12.5 Å². The fourth-order valence-electron chi connectivity index (χ4n) is 3.83. The van der Waals surface area contributed by atoms with Gasteiger partial charge in [0.05, 0.1) is 6.61 Å². The van der Waals surface area contributed by atoms with Gasteiger partial charge in [-0.15, -0.1) is 6.58 Å². The van der Waals surface area contributed by atoms with Crippen LogP contribution in [0.5, 0.6) is 5.75 Å². The zero-order valence-electron chi connectivity index (χ0n) is 16.7. The Kier molecular flexibility index (Phi) is 6.54. The van der Waals surface area contributed by atoms with Crippen molar-refractivity contribution >= 4 is 5.57 Å². The quantitative estimate of drug-likeness (QED) is 0.574. The van der Waals surface area contributed by atoms with E-state index < -0.39 is 5.67 Å². The minimum Gasteiger partial charge on any atom is -0.493 e. The second-order valence-electron chi connectivity index (χ2n) is 8.43. The van der Waals surface area contributed by atoms with Gasteiger partial charge in [0.1, 0.15) is 11.4 Å². The Balaban J connectivity index is 1.44. The molecule has 27 heavy (non-hydrogen) atoms. The molecule has 1 heterocycles. The van der Waals surface area contributed by atoms with Crippen LogP contribution in [0.4, 0.5) is 4.39 Å². The SMILES string of the molecule is C=CC1C=CC(c2ccc(OCC3CCN(CC(C)(C)F)CC3)cc2)=CC1. The lowest BCUT2D eigenvalue weighted by atomic mass is 9.93. The average Bonchev–Trinajstić information content (AvgIpc) is 2.67. The zero-order valence-corrected chi connectivity index (χ0v) is 16.7. The Hall–Kier alpha value is -1.87. The van der Waals surface area contributed by atoms with Crippen LogP contribution in [0.25, 0.3) is 5.57 Å². The van der Waals surface area contributed by atoms with Crippen LogP contribution in [0.3, 0.4) is 0 Å². The number of hydrogen-bond acceptors (Lipinski definition) is 2. The monoisotopic (exact) mass is 369 g/mol. The highest BCUT2D eigenvalue weighted by Crippen LogP contribution is 2.27. The molecule has 1 aliphatic carbocycles. The molecule has 1 unspecified atom stereocenters. The minimum atomic E-state index is -1.11. The lowest BCUT2D eigenvalue weighted by Crippen LogP contribution is -2.41. The van der Waals surface area contributed by atoms with Crippen molar-refractivity contribution in [3.05, 3.63) is 60.7 Å². The molecule has 0 radical (unpaired) electrons. The summed E-state index contributed by atoms with van der Waals surface area (Å²) in [6, 6.07) is 8.38. The first-order valence-electron chi connectivity index (χ1n) is 10.1. The third-order valence-electron chi connectivity index (χ3n) is 5.42. The second kappa shape index (κ2) is 8.88.